The van der Waals surface area contributed by atoms with Crippen molar-refractivity contribution in [2.45, 2.75) is 37.8 Å². The number of hydrogen-bond acceptors (Lipinski definition) is 7. The highest BCUT2D eigenvalue weighted by Gasteiger charge is 2.42. The van der Waals surface area contributed by atoms with Gasteiger partial charge in [-0.2, -0.15) is 31.4 Å². The molecule has 182 valence electrons. The number of nitrogens with one attached hydrogen (secondary N) is 3. The first-order valence-electron chi connectivity index (χ1n) is 9.45. The van der Waals surface area contributed by atoms with Gasteiger partial charge < -0.3 is 25.4 Å². The van der Waals surface area contributed by atoms with E-state index in [2.05, 4.69) is 21.2 Å². The number of alkyl halides is 6. The highest BCUT2D eigenvalue weighted by molar-refractivity contribution is 6.09. The molecule has 0 spiro atoms. The number of carboxylic acid groups (broad SMARTS) is 1. The van der Waals surface area contributed by atoms with Crippen LogP contribution in [0.15, 0.2) is 17.2 Å². The quantitative estimate of drug-likeness (QED) is 0.477. The molecule has 3 heterocycles. The summed E-state index contributed by atoms with van der Waals surface area (Å²) in [6.45, 7) is 4.63. The molecule has 4 rings (SSSR count). The van der Waals surface area contributed by atoms with Gasteiger partial charge in [0.15, 0.2) is 5.84 Å². The first-order chi connectivity index (χ1) is 15.1. The van der Waals surface area contributed by atoms with Gasteiger partial charge in [0, 0.05) is 18.8 Å². The first kappa shape index (κ1) is 24.4. The molecule has 0 aliphatic carbocycles. The number of carboxylic acids is 1. The van der Waals surface area contributed by atoms with Crippen molar-refractivity contribution in [1.29, 1.82) is 0 Å². The maximum absolute atomic E-state index is 13.6. The number of hydrogen-bond donors (Lipinski definition) is 4. The molecule has 3 aliphatic heterocycles. The van der Waals surface area contributed by atoms with Crippen LogP contribution in [0.25, 0.3) is 0 Å². The van der Waals surface area contributed by atoms with Crippen LogP contribution in [-0.2, 0) is 15.8 Å². The third kappa shape index (κ3) is 5.07. The standard InChI is InChI=1S/C16H18F3N5O2.C2HF3O2/c1-8-14(25)23-22-13-5-26-12-3-9(16(17,18)19)10(4-11(12)24(8)13)21-15(2)6-20-7-15;3-2(4,5)1(6)7/h3-4,8,20-21H,5-7H2,1-2H3,(H,23,25);(H,6,7). The van der Waals surface area contributed by atoms with Crippen molar-refractivity contribution in [2.24, 2.45) is 5.10 Å². The molecule has 3 aliphatic rings. The molecule has 1 saturated heterocycles. The maximum atomic E-state index is 13.6. The summed E-state index contributed by atoms with van der Waals surface area (Å²) in [4.78, 5) is 22.5. The molecular weight excluding hydrogens is 464 g/mol. The number of hydrazone groups is 1. The largest absolute Gasteiger partial charge is 0.490 e. The van der Waals surface area contributed by atoms with Gasteiger partial charge >= 0.3 is 18.3 Å². The molecular formula is C18H19F6N5O4. The van der Waals surface area contributed by atoms with E-state index in [4.69, 9.17) is 14.6 Å². The Kier molecular flexibility index (Phi) is 6.12. The van der Waals surface area contributed by atoms with Crippen LogP contribution in [-0.4, -0.2) is 60.3 Å². The summed E-state index contributed by atoms with van der Waals surface area (Å²) in [6, 6.07) is 1.78. The third-order valence-electron chi connectivity index (χ3n) is 5.07. The number of carbonyl (C=O) groups is 2. The van der Waals surface area contributed by atoms with E-state index in [0.717, 1.165) is 6.07 Å². The van der Waals surface area contributed by atoms with Crippen molar-refractivity contribution in [1.82, 2.24) is 10.7 Å². The van der Waals surface area contributed by atoms with E-state index in [0.29, 0.717) is 24.6 Å². The Morgan fingerprint density at radius 3 is 2.36 bits per heavy atom. The number of nitrogens with zero attached hydrogens (tertiary/aromatic N) is 2. The number of anilines is 2. The van der Waals surface area contributed by atoms with Crippen LogP contribution in [0.4, 0.5) is 37.7 Å². The van der Waals surface area contributed by atoms with Crippen molar-refractivity contribution in [3.05, 3.63) is 17.7 Å². The number of benzene rings is 1. The molecule has 0 bridgehead atoms. The predicted molar refractivity (Wildman–Crippen MR) is 103 cm³/mol. The minimum Gasteiger partial charge on any atom is -0.483 e. The Balaban J connectivity index is 0.000000383. The molecule has 1 atom stereocenters. The van der Waals surface area contributed by atoms with Gasteiger partial charge in [-0.1, -0.05) is 0 Å². The summed E-state index contributed by atoms with van der Waals surface area (Å²) in [5, 5.41) is 17.1. The zero-order valence-corrected chi connectivity index (χ0v) is 17.2. The van der Waals surface area contributed by atoms with Crippen LogP contribution >= 0.6 is 0 Å². The van der Waals surface area contributed by atoms with Gasteiger partial charge in [-0.3, -0.25) is 4.79 Å². The topological polar surface area (TPSA) is 115 Å². The zero-order valence-electron chi connectivity index (χ0n) is 17.2. The Labute approximate surface area is 182 Å². The van der Waals surface area contributed by atoms with Crippen LogP contribution < -0.4 is 25.7 Å². The fourth-order valence-electron chi connectivity index (χ4n) is 3.32. The second-order valence-corrected chi connectivity index (χ2v) is 7.79. The van der Waals surface area contributed by atoms with Gasteiger partial charge in [0.2, 0.25) is 0 Å². The van der Waals surface area contributed by atoms with Crippen molar-refractivity contribution in [3.8, 4) is 5.75 Å². The van der Waals surface area contributed by atoms with Gasteiger partial charge in [-0.05, 0) is 26.0 Å². The number of carbonyl (C=O) groups excluding carboxylic acids is 1. The molecule has 1 amide bonds. The van der Waals surface area contributed by atoms with Gasteiger partial charge in [0.05, 0.1) is 16.8 Å². The molecule has 1 aromatic carbocycles. The van der Waals surface area contributed by atoms with Gasteiger partial charge in [0.25, 0.3) is 5.91 Å². The lowest BCUT2D eigenvalue weighted by Crippen LogP contribution is -2.62. The second kappa shape index (κ2) is 8.28. The Morgan fingerprint density at radius 1 is 1.27 bits per heavy atom. The molecule has 0 aromatic heterocycles. The highest BCUT2D eigenvalue weighted by Crippen LogP contribution is 2.45. The summed E-state index contributed by atoms with van der Waals surface area (Å²) >= 11 is 0. The molecule has 1 fully saturated rings. The summed E-state index contributed by atoms with van der Waals surface area (Å²) in [5.74, 6) is -2.55. The molecule has 0 saturated carbocycles. The Morgan fingerprint density at radius 2 is 1.88 bits per heavy atom. The van der Waals surface area contributed by atoms with E-state index in [1.165, 1.54) is 6.07 Å². The van der Waals surface area contributed by atoms with E-state index in [-0.39, 0.29) is 24.0 Å². The SMILES string of the molecule is CC1C(=O)NN=C2COc3cc(C(F)(F)F)c(NC4(C)CNC4)cc3N21.O=C(O)C(F)(F)F. The molecule has 9 nitrogen and oxygen atoms in total. The minimum atomic E-state index is -5.08. The van der Waals surface area contributed by atoms with Gasteiger partial charge in [0.1, 0.15) is 18.4 Å². The van der Waals surface area contributed by atoms with Crippen molar-refractivity contribution >= 4 is 29.1 Å². The number of fused-ring (bicyclic) bond motifs is 3. The first-order valence-corrected chi connectivity index (χ1v) is 9.45. The van der Waals surface area contributed by atoms with Gasteiger partial charge in [-0.25, -0.2) is 10.2 Å². The molecule has 0 radical (unpaired) electrons. The smallest absolute Gasteiger partial charge is 0.483 e. The normalized spacial score (nSPS) is 21.1. The molecule has 1 aromatic rings. The summed E-state index contributed by atoms with van der Waals surface area (Å²) in [6.07, 6.45) is -9.62. The van der Waals surface area contributed by atoms with E-state index >= 15 is 0 Å². The highest BCUT2D eigenvalue weighted by atomic mass is 19.4. The fraction of sp³-hybridized carbons (Fsp3) is 0.500. The zero-order chi connectivity index (χ0) is 24.8. The number of rotatable bonds is 2. The molecule has 4 N–H and O–H groups in total. The monoisotopic (exact) mass is 483 g/mol. The molecule has 33 heavy (non-hydrogen) atoms. The predicted octanol–water partition coefficient (Wildman–Crippen LogP) is 2.14. The Hall–Kier alpha value is -3.23. The van der Waals surface area contributed by atoms with Gasteiger partial charge in [-0.15, -0.1) is 0 Å². The summed E-state index contributed by atoms with van der Waals surface area (Å²) < 4.78 is 77.9. The number of amidine groups is 1. The van der Waals surface area contributed by atoms with E-state index in [1.807, 2.05) is 6.92 Å². The minimum absolute atomic E-state index is 0.0106. The van der Waals surface area contributed by atoms with Crippen molar-refractivity contribution in [2.75, 3.05) is 29.9 Å². The average molecular weight is 483 g/mol. The summed E-state index contributed by atoms with van der Waals surface area (Å²) in [7, 11) is 0. The lowest BCUT2D eigenvalue weighted by atomic mass is 9.94. The number of aliphatic carboxylic acids is 1. The number of amides is 1. The summed E-state index contributed by atoms with van der Waals surface area (Å²) in [5.41, 5.74) is 1.49. The second-order valence-electron chi connectivity index (χ2n) is 7.79. The lowest BCUT2D eigenvalue weighted by Gasteiger charge is -2.42. The van der Waals surface area contributed by atoms with Crippen LogP contribution in [0.5, 0.6) is 5.75 Å². The molecule has 15 heteroatoms. The molecule has 1 unspecified atom stereocenters. The average Bonchev–Trinajstić information content (AvgIpc) is 2.67. The number of ether oxygens (including phenoxy) is 1. The lowest BCUT2D eigenvalue weighted by molar-refractivity contribution is -0.192. The maximum Gasteiger partial charge on any atom is 0.490 e. The van der Waals surface area contributed by atoms with Crippen molar-refractivity contribution in [3.63, 3.8) is 0 Å². The van der Waals surface area contributed by atoms with Crippen LogP contribution in [0.1, 0.15) is 19.4 Å². The van der Waals surface area contributed by atoms with Crippen molar-refractivity contribution < 1.29 is 45.8 Å². The number of halogens is 6. The Bertz CT molecular complexity index is 990. The van der Waals surface area contributed by atoms with Crippen LogP contribution in [0.2, 0.25) is 0 Å². The van der Waals surface area contributed by atoms with E-state index in [9.17, 15) is 31.1 Å². The van der Waals surface area contributed by atoms with Crippen LogP contribution in [0, 0.1) is 0 Å². The third-order valence-corrected chi connectivity index (χ3v) is 5.07. The van der Waals surface area contributed by atoms with Crippen LogP contribution in [0.3, 0.4) is 0 Å². The fourth-order valence-corrected chi connectivity index (χ4v) is 3.32. The van der Waals surface area contributed by atoms with E-state index in [1.54, 1.807) is 11.8 Å². The van der Waals surface area contributed by atoms with E-state index < -0.39 is 35.5 Å².